The first kappa shape index (κ1) is 23.5. The van der Waals surface area contributed by atoms with Crippen LogP contribution in [-0.4, -0.2) is 36.5 Å². The van der Waals surface area contributed by atoms with Crippen molar-refractivity contribution in [3.05, 3.63) is 51.7 Å². The Labute approximate surface area is 194 Å². The number of halogens is 1. The Bertz CT molecular complexity index is 817. The lowest BCUT2D eigenvalue weighted by molar-refractivity contribution is 0.222. The van der Waals surface area contributed by atoms with Crippen LogP contribution in [-0.2, 0) is 13.1 Å². The quantitative estimate of drug-likeness (QED) is 0.293. The summed E-state index contributed by atoms with van der Waals surface area (Å²) in [5, 5.41) is 11.8. The molecule has 2 amide bonds. The molecule has 0 aliphatic carbocycles. The highest BCUT2D eigenvalue weighted by Crippen LogP contribution is 2.16. The first-order valence-electron chi connectivity index (χ1n) is 9.85. The highest BCUT2D eigenvalue weighted by molar-refractivity contribution is 14.0. The molecule has 1 aliphatic heterocycles. The molecular formula is C21H30IN5OS. The monoisotopic (exact) mass is 527 g/mol. The van der Waals surface area contributed by atoms with E-state index >= 15 is 0 Å². The van der Waals surface area contributed by atoms with Gasteiger partial charge in [0.2, 0.25) is 0 Å². The smallest absolute Gasteiger partial charge is 0.321 e. The molecular weight excluding hydrogens is 497 g/mol. The lowest BCUT2D eigenvalue weighted by Crippen LogP contribution is -2.36. The van der Waals surface area contributed by atoms with E-state index in [1.54, 1.807) is 11.3 Å². The van der Waals surface area contributed by atoms with Crippen LogP contribution in [0.2, 0.25) is 0 Å². The molecule has 29 heavy (non-hydrogen) atoms. The van der Waals surface area contributed by atoms with Gasteiger partial charge in [-0.1, -0.05) is 12.1 Å². The third kappa shape index (κ3) is 7.18. The van der Waals surface area contributed by atoms with Crippen molar-refractivity contribution < 1.29 is 4.79 Å². The van der Waals surface area contributed by atoms with Gasteiger partial charge in [-0.05, 0) is 61.4 Å². The number of rotatable bonds is 6. The molecule has 3 N–H and O–H groups in total. The Hall–Kier alpha value is -1.81. The minimum atomic E-state index is -0.0144. The van der Waals surface area contributed by atoms with E-state index in [4.69, 9.17) is 0 Å². The van der Waals surface area contributed by atoms with Gasteiger partial charge in [-0.25, -0.2) is 9.79 Å². The molecule has 1 aromatic heterocycles. The molecule has 8 heteroatoms. The second kappa shape index (κ2) is 12.0. The zero-order valence-corrected chi connectivity index (χ0v) is 20.2. The Balaban J connectivity index is 0.00000300. The largest absolute Gasteiger partial charge is 0.357 e. The van der Waals surface area contributed by atoms with Crippen LogP contribution in [0, 0.1) is 6.92 Å². The standard InChI is InChI=1S/C21H29N5OS.HI/c1-3-22-20(24-15-19-16(2)9-12-28-19)23-14-17-7-6-8-18(13-17)25-21(27)26-10-4-5-11-26;/h6-9,12-13H,3-5,10-11,14-15H2,1-2H3,(H,25,27)(H2,22,23,24);1H. The van der Waals surface area contributed by atoms with Crippen molar-refractivity contribution in [2.45, 2.75) is 39.8 Å². The normalized spacial score (nSPS) is 13.7. The highest BCUT2D eigenvalue weighted by atomic mass is 127. The van der Waals surface area contributed by atoms with Gasteiger partial charge < -0.3 is 20.9 Å². The number of aryl methyl sites for hydroxylation is 1. The number of thiophene rings is 1. The summed E-state index contributed by atoms with van der Waals surface area (Å²) in [6.45, 7) is 7.99. The second-order valence-electron chi connectivity index (χ2n) is 6.90. The zero-order chi connectivity index (χ0) is 19.8. The predicted molar refractivity (Wildman–Crippen MR) is 132 cm³/mol. The van der Waals surface area contributed by atoms with Crippen molar-refractivity contribution in [1.29, 1.82) is 0 Å². The third-order valence-electron chi connectivity index (χ3n) is 4.72. The molecule has 1 saturated heterocycles. The summed E-state index contributed by atoms with van der Waals surface area (Å²) in [4.78, 5) is 20.1. The average molecular weight is 527 g/mol. The summed E-state index contributed by atoms with van der Waals surface area (Å²) in [5.74, 6) is 0.793. The van der Waals surface area contributed by atoms with E-state index < -0.39 is 0 Å². The van der Waals surface area contributed by atoms with Gasteiger partial charge >= 0.3 is 6.03 Å². The van der Waals surface area contributed by atoms with Crippen molar-refractivity contribution >= 4 is 53.0 Å². The molecule has 0 spiro atoms. The molecule has 0 bridgehead atoms. The molecule has 2 heterocycles. The number of nitrogens with zero attached hydrogens (tertiary/aromatic N) is 2. The minimum absolute atomic E-state index is 0. The highest BCUT2D eigenvalue weighted by Gasteiger charge is 2.17. The van der Waals surface area contributed by atoms with Crippen molar-refractivity contribution in [2.75, 3.05) is 25.0 Å². The van der Waals surface area contributed by atoms with Gasteiger partial charge in [0.25, 0.3) is 0 Å². The van der Waals surface area contributed by atoms with Crippen LogP contribution in [0.15, 0.2) is 40.7 Å². The van der Waals surface area contributed by atoms with Gasteiger partial charge in [-0.15, -0.1) is 35.3 Å². The lowest BCUT2D eigenvalue weighted by atomic mass is 10.2. The van der Waals surface area contributed by atoms with Crippen molar-refractivity contribution in [2.24, 2.45) is 4.99 Å². The maximum Gasteiger partial charge on any atom is 0.321 e. The number of hydrogen-bond acceptors (Lipinski definition) is 3. The molecule has 2 aromatic rings. The van der Waals surface area contributed by atoms with E-state index in [1.807, 2.05) is 29.2 Å². The van der Waals surface area contributed by atoms with Crippen molar-refractivity contribution in [1.82, 2.24) is 15.5 Å². The maximum absolute atomic E-state index is 12.3. The second-order valence-corrected chi connectivity index (χ2v) is 7.90. The molecule has 1 fully saturated rings. The number of aliphatic imine (C=N–C) groups is 1. The van der Waals surface area contributed by atoms with Gasteiger partial charge in [0.1, 0.15) is 0 Å². The number of amides is 2. The number of nitrogens with one attached hydrogen (secondary N) is 3. The first-order chi connectivity index (χ1) is 13.7. The van der Waals surface area contributed by atoms with E-state index in [0.29, 0.717) is 6.54 Å². The number of carbonyl (C=O) groups is 1. The number of carbonyl (C=O) groups excluding carboxylic acids is 1. The van der Waals surface area contributed by atoms with Crippen LogP contribution in [0.3, 0.4) is 0 Å². The number of anilines is 1. The topological polar surface area (TPSA) is 68.8 Å². The van der Waals surface area contributed by atoms with E-state index in [2.05, 4.69) is 46.2 Å². The van der Waals surface area contributed by atoms with Crippen LogP contribution in [0.1, 0.15) is 35.8 Å². The molecule has 6 nitrogen and oxygen atoms in total. The van der Waals surface area contributed by atoms with Crippen LogP contribution in [0.25, 0.3) is 0 Å². The number of guanidine groups is 1. The van der Waals surface area contributed by atoms with Gasteiger partial charge in [-0.3, -0.25) is 0 Å². The lowest BCUT2D eigenvalue weighted by Gasteiger charge is -2.16. The van der Waals surface area contributed by atoms with Gasteiger partial charge in [0, 0.05) is 30.2 Å². The number of hydrogen-bond donors (Lipinski definition) is 3. The Morgan fingerprint density at radius 2 is 2.00 bits per heavy atom. The van der Waals surface area contributed by atoms with Gasteiger partial charge in [0.15, 0.2) is 5.96 Å². The van der Waals surface area contributed by atoms with Crippen LogP contribution in [0.4, 0.5) is 10.5 Å². The van der Waals surface area contributed by atoms with Crippen molar-refractivity contribution in [3.63, 3.8) is 0 Å². The fourth-order valence-corrected chi connectivity index (χ4v) is 3.98. The molecule has 1 aliphatic rings. The summed E-state index contributed by atoms with van der Waals surface area (Å²) in [5.41, 5.74) is 3.18. The third-order valence-corrected chi connectivity index (χ3v) is 5.74. The molecule has 0 saturated carbocycles. The molecule has 1 aromatic carbocycles. The Morgan fingerprint density at radius 1 is 1.21 bits per heavy atom. The SMILES string of the molecule is CCNC(=NCc1cccc(NC(=O)N2CCCC2)c1)NCc1sccc1C.I. The first-order valence-corrected chi connectivity index (χ1v) is 10.7. The summed E-state index contributed by atoms with van der Waals surface area (Å²) in [7, 11) is 0. The maximum atomic E-state index is 12.3. The molecule has 0 unspecified atom stereocenters. The molecule has 3 rings (SSSR count). The fourth-order valence-electron chi connectivity index (χ4n) is 3.13. The van der Waals surface area contributed by atoms with Crippen LogP contribution < -0.4 is 16.0 Å². The van der Waals surface area contributed by atoms with Crippen LogP contribution >= 0.6 is 35.3 Å². The summed E-state index contributed by atoms with van der Waals surface area (Å²) in [6.07, 6.45) is 2.18. The minimum Gasteiger partial charge on any atom is -0.357 e. The predicted octanol–water partition coefficient (Wildman–Crippen LogP) is 4.56. The Kier molecular flexibility index (Phi) is 9.72. The number of benzene rings is 1. The van der Waals surface area contributed by atoms with Crippen LogP contribution in [0.5, 0.6) is 0 Å². The van der Waals surface area contributed by atoms with E-state index in [-0.39, 0.29) is 30.0 Å². The number of urea groups is 1. The van der Waals surface area contributed by atoms with Gasteiger partial charge in [-0.2, -0.15) is 0 Å². The molecule has 0 radical (unpaired) electrons. The van der Waals surface area contributed by atoms with E-state index in [1.165, 1.54) is 10.4 Å². The fraction of sp³-hybridized carbons (Fsp3) is 0.429. The zero-order valence-electron chi connectivity index (χ0n) is 17.0. The van der Waals surface area contributed by atoms with Gasteiger partial charge in [0.05, 0.1) is 13.1 Å². The van der Waals surface area contributed by atoms with Crippen molar-refractivity contribution in [3.8, 4) is 0 Å². The summed E-state index contributed by atoms with van der Waals surface area (Å²) >= 11 is 1.75. The number of likely N-dealkylation sites (tertiary alicyclic amines) is 1. The summed E-state index contributed by atoms with van der Waals surface area (Å²) in [6, 6.07) is 10.0. The van der Waals surface area contributed by atoms with E-state index in [0.717, 1.165) is 56.2 Å². The van der Waals surface area contributed by atoms with E-state index in [9.17, 15) is 4.79 Å². The molecule has 158 valence electrons. The summed E-state index contributed by atoms with van der Waals surface area (Å²) < 4.78 is 0. The molecule has 0 atom stereocenters. The Morgan fingerprint density at radius 3 is 2.69 bits per heavy atom. The average Bonchev–Trinajstić information content (AvgIpc) is 3.36.